The summed E-state index contributed by atoms with van der Waals surface area (Å²) in [7, 11) is 1.70. The van der Waals surface area contributed by atoms with Crippen molar-refractivity contribution >= 4 is 5.91 Å². The summed E-state index contributed by atoms with van der Waals surface area (Å²) >= 11 is 0. The van der Waals surface area contributed by atoms with E-state index in [0.29, 0.717) is 0 Å². The molecule has 110 valence electrons. The van der Waals surface area contributed by atoms with Crippen LogP contribution in [0, 0.1) is 5.92 Å². The van der Waals surface area contributed by atoms with E-state index in [9.17, 15) is 4.79 Å². The molecule has 1 heterocycles. The van der Waals surface area contributed by atoms with Gasteiger partial charge in [-0.3, -0.25) is 9.89 Å². The molecule has 2 aliphatic rings. The third kappa shape index (κ3) is 2.80. The van der Waals surface area contributed by atoms with Crippen LogP contribution in [0.5, 0.6) is 5.75 Å². The third-order valence-corrected chi connectivity index (χ3v) is 4.34. The molecule has 1 aromatic rings. The van der Waals surface area contributed by atoms with Gasteiger partial charge in [-0.1, -0.05) is 0 Å². The SMILES string of the molecule is COC1CC(C(=O)N[C@H]2CCC[C@H]2Oc2cn[nH]c2)C1. The Morgan fingerprint density at radius 3 is 3.00 bits per heavy atom. The van der Waals surface area contributed by atoms with E-state index in [1.165, 1.54) is 0 Å². The topological polar surface area (TPSA) is 76.2 Å². The Morgan fingerprint density at radius 2 is 2.30 bits per heavy atom. The van der Waals surface area contributed by atoms with Crippen LogP contribution in [0.15, 0.2) is 12.4 Å². The van der Waals surface area contributed by atoms with E-state index >= 15 is 0 Å². The molecule has 0 radical (unpaired) electrons. The lowest BCUT2D eigenvalue weighted by atomic mass is 9.81. The van der Waals surface area contributed by atoms with Gasteiger partial charge < -0.3 is 14.8 Å². The van der Waals surface area contributed by atoms with Crippen LogP contribution in [-0.4, -0.2) is 41.5 Å². The van der Waals surface area contributed by atoms with Gasteiger partial charge in [0.1, 0.15) is 6.10 Å². The Labute approximate surface area is 118 Å². The van der Waals surface area contributed by atoms with Crippen LogP contribution in [0.3, 0.4) is 0 Å². The number of methoxy groups -OCH3 is 1. The molecule has 2 N–H and O–H groups in total. The van der Waals surface area contributed by atoms with Crippen LogP contribution in [0.25, 0.3) is 0 Å². The largest absolute Gasteiger partial charge is 0.485 e. The third-order valence-electron chi connectivity index (χ3n) is 4.34. The first-order chi connectivity index (χ1) is 9.76. The molecule has 1 aromatic heterocycles. The van der Waals surface area contributed by atoms with Crippen LogP contribution >= 0.6 is 0 Å². The Kier molecular flexibility index (Phi) is 3.91. The highest BCUT2D eigenvalue weighted by molar-refractivity contribution is 5.80. The zero-order valence-electron chi connectivity index (χ0n) is 11.7. The van der Waals surface area contributed by atoms with Gasteiger partial charge >= 0.3 is 0 Å². The van der Waals surface area contributed by atoms with E-state index in [1.807, 2.05) is 0 Å². The van der Waals surface area contributed by atoms with Crippen molar-refractivity contribution in [3.05, 3.63) is 12.4 Å². The molecule has 1 amide bonds. The number of hydrogen-bond donors (Lipinski definition) is 2. The van der Waals surface area contributed by atoms with Gasteiger partial charge in [-0.2, -0.15) is 5.10 Å². The van der Waals surface area contributed by atoms with Crippen LogP contribution < -0.4 is 10.1 Å². The maximum atomic E-state index is 12.2. The second-order valence-electron chi connectivity index (χ2n) is 5.66. The number of aromatic amines is 1. The lowest BCUT2D eigenvalue weighted by molar-refractivity contribution is -0.133. The molecule has 2 fully saturated rings. The van der Waals surface area contributed by atoms with Crippen molar-refractivity contribution in [3.8, 4) is 5.75 Å². The van der Waals surface area contributed by atoms with Crippen LogP contribution in [0.4, 0.5) is 0 Å². The fourth-order valence-corrected chi connectivity index (χ4v) is 2.98. The van der Waals surface area contributed by atoms with Gasteiger partial charge in [0, 0.05) is 13.0 Å². The predicted octanol–water partition coefficient (Wildman–Crippen LogP) is 1.25. The van der Waals surface area contributed by atoms with E-state index in [0.717, 1.165) is 37.9 Å². The first-order valence-corrected chi connectivity index (χ1v) is 7.25. The molecular formula is C14H21N3O3. The summed E-state index contributed by atoms with van der Waals surface area (Å²) in [6.07, 6.45) is 8.40. The zero-order valence-corrected chi connectivity index (χ0v) is 11.7. The number of carbonyl (C=O) groups is 1. The summed E-state index contributed by atoms with van der Waals surface area (Å²) in [4.78, 5) is 12.2. The van der Waals surface area contributed by atoms with Crippen molar-refractivity contribution in [2.75, 3.05) is 7.11 Å². The summed E-state index contributed by atoms with van der Waals surface area (Å²) in [5.74, 6) is 0.986. The van der Waals surface area contributed by atoms with Crippen molar-refractivity contribution in [1.82, 2.24) is 15.5 Å². The summed E-state index contributed by atoms with van der Waals surface area (Å²) in [6, 6.07) is 0.110. The molecule has 20 heavy (non-hydrogen) atoms. The standard InChI is InChI=1S/C14H21N3O3/c1-19-10-5-9(6-10)14(18)17-12-3-2-4-13(12)20-11-7-15-16-8-11/h7-10,12-13H,2-6H2,1H3,(H,15,16)(H,17,18)/t9?,10?,12-,13+/m0/s1. The number of hydrogen-bond acceptors (Lipinski definition) is 4. The Morgan fingerprint density at radius 1 is 1.45 bits per heavy atom. The van der Waals surface area contributed by atoms with Crippen molar-refractivity contribution in [2.45, 2.75) is 50.4 Å². The Bertz CT molecular complexity index is 443. The molecule has 0 aliphatic heterocycles. The zero-order chi connectivity index (χ0) is 13.9. The molecule has 2 aliphatic carbocycles. The second-order valence-corrected chi connectivity index (χ2v) is 5.66. The van der Waals surface area contributed by atoms with E-state index in [2.05, 4.69) is 15.5 Å². The first-order valence-electron chi connectivity index (χ1n) is 7.25. The molecule has 0 spiro atoms. The van der Waals surface area contributed by atoms with Crippen molar-refractivity contribution < 1.29 is 14.3 Å². The average Bonchev–Trinajstić information content (AvgIpc) is 3.01. The van der Waals surface area contributed by atoms with E-state index in [1.54, 1.807) is 19.5 Å². The number of nitrogens with zero attached hydrogens (tertiary/aromatic N) is 1. The molecule has 2 atom stereocenters. The number of carbonyl (C=O) groups excluding carboxylic acids is 1. The van der Waals surface area contributed by atoms with Crippen LogP contribution in [0.1, 0.15) is 32.1 Å². The fourth-order valence-electron chi connectivity index (χ4n) is 2.98. The molecule has 0 bridgehead atoms. The quantitative estimate of drug-likeness (QED) is 0.850. The number of nitrogens with one attached hydrogen (secondary N) is 2. The maximum Gasteiger partial charge on any atom is 0.223 e. The minimum Gasteiger partial charge on any atom is -0.485 e. The van der Waals surface area contributed by atoms with E-state index < -0.39 is 0 Å². The normalized spacial score (nSPS) is 32.6. The highest BCUT2D eigenvalue weighted by atomic mass is 16.5. The monoisotopic (exact) mass is 279 g/mol. The minimum atomic E-state index is 0.0508. The lowest BCUT2D eigenvalue weighted by Gasteiger charge is -2.34. The number of H-pyrrole nitrogens is 1. The van der Waals surface area contributed by atoms with Gasteiger partial charge in [0.05, 0.1) is 24.5 Å². The average molecular weight is 279 g/mol. The van der Waals surface area contributed by atoms with Crippen molar-refractivity contribution in [1.29, 1.82) is 0 Å². The Balaban J connectivity index is 1.50. The van der Waals surface area contributed by atoms with E-state index in [-0.39, 0.29) is 30.1 Å². The van der Waals surface area contributed by atoms with Crippen LogP contribution in [0.2, 0.25) is 0 Å². The molecule has 0 saturated heterocycles. The van der Waals surface area contributed by atoms with Gasteiger partial charge in [0.2, 0.25) is 5.91 Å². The molecular weight excluding hydrogens is 258 g/mol. The summed E-state index contributed by atoms with van der Waals surface area (Å²) in [6.45, 7) is 0. The molecule has 6 heteroatoms. The number of ether oxygens (including phenoxy) is 2. The van der Waals surface area contributed by atoms with Crippen molar-refractivity contribution in [2.24, 2.45) is 5.92 Å². The first kappa shape index (κ1) is 13.4. The maximum absolute atomic E-state index is 12.2. The van der Waals surface area contributed by atoms with Crippen molar-refractivity contribution in [3.63, 3.8) is 0 Å². The van der Waals surface area contributed by atoms with Gasteiger partial charge in [-0.15, -0.1) is 0 Å². The Hall–Kier alpha value is -1.56. The van der Waals surface area contributed by atoms with E-state index in [4.69, 9.17) is 9.47 Å². The highest BCUT2D eigenvalue weighted by Gasteiger charge is 2.37. The number of aromatic nitrogens is 2. The van der Waals surface area contributed by atoms with Gasteiger partial charge in [0.15, 0.2) is 5.75 Å². The summed E-state index contributed by atoms with van der Waals surface area (Å²) < 4.78 is 11.1. The molecule has 0 unspecified atom stereocenters. The highest BCUT2D eigenvalue weighted by Crippen LogP contribution is 2.31. The van der Waals surface area contributed by atoms with Crippen LogP contribution in [-0.2, 0) is 9.53 Å². The van der Waals surface area contributed by atoms with Gasteiger partial charge in [0.25, 0.3) is 0 Å². The number of amides is 1. The lowest BCUT2D eigenvalue weighted by Crippen LogP contribution is -2.48. The molecule has 0 aromatic carbocycles. The second kappa shape index (κ2) is 5.83. The number of rotatable bonds is 5. The molecule has 3 rings (SSSR count). The molecule has 6 nitrogen and oxygen atoms in total. The van der Waals surface area contributed by atoms with Gasteiger partial charge in [-0.05, 0) is 32.1 Å². The molecule has 2 saturated carbocycles. The summed E-state index contributed by atoms with van der Waals surface area (Å²) in [5, 5.41) is 9.74. The fraction of sp³-hybridized carbons (Fsp3) is 0.714. The summed E-state index contributed by atoms with van der Waals surface area (Å²) in [5.41, 5.74) is 0. The minimum absolute atomic E-state index is 0.0508. The predicted molar refractivity (Wildman–Crippen MR) is 72.3 cm³/mol. The smallest absolute Gasteiger partial charge is 0.223 e. The van der Waals surface area contributed by atoms with Gasteiger partial charge in [-0.25, -0.2) is 0 Å².